The maximum absolute atomic E-state index is 12.7. The minimum atomic E-state index is -0.328. The van der Waals surface area contributed by atoms with Crippen molar-refractivity contribution in [2.24, 2.45) is 0 Å². The summed E-state index contributed by atoms with van der Waals surface area (Å²) in [7, 11) is 1.58. The second kappa shape index (κ2) is 9.68. The van der Waals surface area contributed by atoms with Gasteiger partial charge in [0.1, 0.15) is 18.1 Å². The molecule has 0 radical (unpaired) electrons. The summed E-state index contributed by atoms with van der Waals surface area (Å²) in [5, 5.41) is 0.305. The normalized spacial score (nSPS) is 15.4. The summed E-state index contributed by atoms with van der Waals surface area (Å²) in [6.45, 7) is 0.378. The topological polar surface area (TPSA) is 55.8 Å². The summed E-state index contributed by atoms with van der Waals surface area (Å²) in [6.07, 6.45) is 1.70. The largest absolute Gasteiger partial charge is 0.495 e. The summed E-state index contributed by atoms with van der Waals surface area (Å²) < 4.78 is 13.0. The monoisotopic (exact) mass is 641 g/mol. The van der Waals surface area contributed by atoms with Gasteiger partial charge in [0, 0.05) is 14.2 Å². The van der Waals surface area contributed by atoms with E-state index in [1.54, 1.807) is 37.5 Å². The van der Waals surface area contributed by atoms with Crippen LogP contribution in [0.5, 0.6) is 11.5 Å². The number of ether oxygens (including phenoxy) is 2. The molecule has 0 atom stereocenters. The van der Waals surface area contributed by atoms with Gasteiger partial charge in [0.15, 0.2) is 0 Å². The summed E-state index contributed by atoms with van der Waals surface area (Å²) in [6, 6.07) is 10.8. The first-order chi connectivity index (χ1) is 13.4. The van der Waals surface area contributed by atoms with Gasteiger partial charge in [-0.25, -0.2) is 0 Å². The molecule has 28 heavy (non-hydrogen) atoms. The van der Waals surface area contributed by atoms with Crippen molar-refractivity contribution in [3.8, 4) is 11.5 Å². The molecule has 3 rings (SSSR count). The van der Waals surface area contributed by atoms with Gasteiger partial charge in [-0.15, -0.1) is 0 Å². The molecule has 1 fully saturated rings. The number of halogens is 3. The zero-order chi connectivity index (χ0) is 20.3. The van der Waals surface area contributed by atoms with Crippen LogP contribution >= 0.6 is 68.5 Å². The van der Waals surface area contributed by atoms with Crippen molar-refractivity contribution in [1.82, 2.24) is 4.90 Å². The smallest absolute Gasteiger partial charge is 0.293 e. The highest BCUT2D eigenvalue weighted by atomic mass is 127. The molecule has 0 bridgehead atoms. The van der Waals surface area contributed by atoms with E-state index in [2.05, 4.69) is 45.2 Å². The first kappa shape index (κ1) is 21.7. The minimum absolute atomic E-state index is 0.172. The number of hydrogen-bond acceptors (Lipinski definition) is 5. The van der Waals surface area contributed by atoms with Gasteiger partial charge < -0.3 is 9.47 Å². The summed E-state index contributed by atoms with van der Waals surface area (Å²) >= 11 is 11.2. The van der Waals surface area contributed by atoms with Crippen LogP contribution in [0.4, 0.5) is 4.79 Å². The Kier molecular flexibility index (Phi) is 7.51. The van der Waals surface area contributed by atoms with Crippen LogP contribution in [-0.2, 0) is 4.79 Å². The second-order valence-electron chi connectivity index (χ2n) is 5.65. The Balaban J connectivity index is 1.71. The van der Waals surface area contributed by atoms with E-state index >= 15 is 0 Å². The van der Waals surface area contributed by atoms with Crippen LogP contribution in [0.3, 0.4) is 0 Å². The molecule has 1 aliphatic heterocycles. The number of carbonyl (C=O) groups excluding carboxylic acids is 2. The molecule has 1 heterocycles. The Hall–Kier alpha value is -0.980. The predicted octanol–water partition coefficient (Wildman–Crippen LogP) is 5.67. The highest BCUT2D eigenvalue weighted by molar-refractivity contribution is 14.1. The van der Waals surface area contributed by atoms with Crippen LogP contribution in [0.15, 0.2) is 41.3 Å². The average molecular weight is 642 g/mol. The number of hydrogen-bond donors (Lipinski definition) is 0. The Labute approximate surface area is 199 Å². The van der Waals surface area contributed by atoms with Gasteiger partial charge in [0.2, 0.25) is 0 Å². The Bertz CT molecular complexity index is 950. The lowest BCUT2D eigenvalue weighted by atomic mass is 10.2. The number of benzene rings is 2. The first-order valence-electron chi connectivity index (χ1n) is 8.06. The third-order valence-electron chi connectivity index (χ3n) is 3.80. The van der Waals surface area contributed by atoms with Gasteiger partial charge in [0.05, 0.1) is 22.1 Å². The molecule has 0 unspecified atom stereocenters. The van der Waals surface area contributed by atoms with Crippen LogP contribution in [0, 0.1) is 7.14 Å². The third kappa shape index (κ3) is 5.14. The van der Waals surface area contributed by atoms with E-state index in [0.717, 1.165) is 24.5 Å². The number of carbonyl (C=O) groups is 2. The standard InChI is InChI=1S/C19H14ClI2NO4S/c1-26-17-11(8-13(21)10-15(17)22)9-16-18(24)23(19(25)28-16)6-7-27-14-4-2-12(20)3-5-14/h2-5,8-10H,6-7H2,1H3/b16-9-. The Morgan fingerprint density at radius 3 is 2.57 bits per heavy atom. The molecule has 0 N–H and O–H groups in total. The van der Waals surface area contributed by atoms with E-state index in [-0.39, 0.29) is 24.3 Å². The molecule has 2 aromatic rings. The number of imide groups is 1. The van der Waals surface area contributed by atoms with E-state index in [4.69, 9.17) is 21.1 Å². The summed E-state index contributed by atoms with van der Waals surface area (Å²) in [4.78, 5) is 26.5. The van der Waals surface area contributed by atoms with Crippen molar-refractivity contribution >= 4 is 85.8 Å². The third-order valence-corrected chi connectivity index (χ3v) is 6.38. The molecule has 0 aliphatic carbocycles. The van der Waals surface area contributed by atoms with E-state index < -0.39 is 0 Å². The Morgan fingerprint density at radius 1 is 1.18 bits per heavy atom. The molecule has 5 nitrogen and oxygen atoms in total. The van der Waals surface area contributed by atoms with Crippen molar-refractivity contribution in [2.75, 3.05) is 20.3 Å². The number of amides is 2. The van der Waals surface area contributed by atoms with Gasteiger partial charge in [-0.05, 0) is 99.4 Å². The van der Waals surface area contributed by atoms with Crippen LogP contribution in [0.25, 0.3) is 6.08 Å². The molecule has 0 aromatic heterocycles. The zero-order valence-electron chi connectivity index (χ0n) is 14.6. The highest BCUT2D eigenvalue weighted by Crippen LogP contribution is 2.36. The minimum Gasteiger partial charge on any atom is -0.495 e. The fourth-order valence-corrected chi connectivity index (χ4v) is 5.61. The first-order valence-corrected chi connectivity index (χ1v) is 11.4. The lowest BCUT2D eigenvalue weighted by molar-refractivity contribution is -0.123. The zero-order valence-corrected chi connectivity index (χ0v) is 20.5. The summed E-state index contributed by atoms with van der Waals surface area (Å²) in [5.74, 6) is 0.981. The molecule has 146 valence electrons. The van der Waals surface area contributed by atoms with E-state index in [1.165, 1.54) is 4.90 Å². The van der Waals surface area contributed by atoms with Gasteiger partial charge in [-0.1, -0.05) is 11.6 Å². The molecule has 2 aromatic carbocycles. The van der Waals surface area contributed by atoms with E-state index in [0.29, 0.717) is 21.4 Å². The van der Waals surface area contributed by atoms with Gasteiger partial charge in [-0.3, -0.25) is 14.5 Å². The molecule has 1 aliphatic rings. The van der Waals surface area contributed by atoms with Crippen molar-refractivity contribution in [2.45, 2.75) is 0 Å². The molecular weight excluding hydrogens is 628 g/mol. The molecule has 0 spiro atoms. The van der Waals surface area contributed by atoms with Crippen molar-refractivity contribution < 1.29 is 19.1 Å². The lowest BCUT2D eigenvalue weighted by Gasteiger charge is -2.13. The second-order valence-corrected chi connectivity index (χ2v) is 9.48. The average Bonchev–Trinajstić information content (AvgIpc) is 2.90. The van der Waals surface area contributed by atoms with Crippen molar-refractivity contribution in [3.05, 3.63) is 59.0 Å². The fourth-order valence-electron chi connectivity index (χ4n) is 2.52. The van der Waals surface area contributed by atoms with Gasteiger partial charge in [0.25, 0.3) is 11.1 Å². The maximum atomic E-state index is 12.7. The quantitative estimate of drug-likeness (QED) is 0.301. The molecule has 1 saturated heterocycles. The molecular formula is C19H14ClI2NO4S. The predicted molar refractivity (Wildman–Crippen MR) is 128 cm³/mol. The molecule has 2 amide bonds. The van der Waals surface area contributed by atoms with Crippen LogP contribution in [0.2, 0.25) is 5.02 Å². The number of nitrogens with zero attached hydrogens (tertiary/aromatic N) is 1. The van der Waals surface area contributed by atoms with Gasteiger partial charge in [-0.2, -0.15) is 0 Å². The molecule has 0 saturated carbocycles. The van der Waals surface area contributed by atoms with E-state index in [9.17, 15) is 9.59 Å². The lowest BCUT2D eigenvalue weighted by Crippen LogP contribution is -2.32. The van der Waals surface area contributed by atoms with Crippen molar-refractivity contribution in [3.63, 3.8) is 0 Å². The van der Waals surface area contributed by atoms with E-state index in [1.807, 2.05) is 12.1 Å². The van der Waals surface area contributed by atoms with Crippen LogP contribution in [0.1, 0.15) is 5.56 Å². The van der Waals surface area contributed by atoms with Crippen LogP contribution < -0.4 is 9.47 Å². The van der Waals surface area contributed by atoms with Crippen molar-refractivity contribution in [1.29, 1.82) is 0 Å². The fraction of sp³-hybridized carbons (Fsp3) is 0.158. The number of thioether (sulfide) groups is 1. The number of methoxy groups -OCH3 is 1. The highest BCUT2D eigenvalue weighted by Gasteiger charge is 2.35. The SMILES string of the molecule is COc1c(I)cc(I)cc1/C=C1\SC(=O)N(CCOc2ccc(Cl)cc2)C1=O. The van der Waals surface area contributed by atoms with Gasteiger partial charge >= 0.3 is 0 Å². The molecule has 9 heteroatoms. The summed E-state index contributed by atoms with van der Waals surface area (Å²) in [5.41, 5.74) is 0.765. The maximum Gasteiger partial charge on any atom is 0.293 e. The number of rotatable bonds is 6. The Morgan fingerprint density at radius 2 is 1.89 bits per heavy atom. The van der Waals surface area contributed by atoms with Crippen LogP contribution in [-0.4, -0.2) is 36.3 Å².